The summed E-state index contributed by atoms with van der Waals surface area (Å²) >= 11 is 0. The van der Waals surface area contributed by atoms with Crippen molar-refractivity contribution in [2.75, 3.05) is 20.8 Å². The molecule has 0 unspecified atom stereocenters. The van der Waals surface area contributed by atoms with Crippen molar-refractivity contribution in [1.82, 2.24) is 20.5 Å². The van der Waals surface area contributed by atoms with Crippen molar-refractivity contribution < 1.29 is 14.3 Å². The number of ether oxygens (including phenoxy) is 2. The van der Waals surface area contributed by atoms with Gasteiger partial charge in [0.15, 0.2) is 6.29 Å². The van der Waals surface area contributed by atoms with E-state index in [0.717, 1.165) is 0 Å². The first-order valence-electron chi connectivity index (χ1n) is 5.34. The van der Waals surface area contributed by atoms with Gasteiger partial charge in [-0.05, 0) is 0 Å². The van der Waals surface area contributed by atoms with Gasteiger partial charge in [-0.25, -0.2) is 4.98 Å². The zero-order valence-electron chi connectivity index (χ0n) is 10.5. The number of nitrogens with zero attached hydrogens (tertiary/aromatic N) is 2. The zero-order chi connectivity index (χ0) is 12.8. The van der Waals surface area contributed by atoms with Crippen molar-refractivity contribution >= 4 is 5.91 Å². The fraction of sp³-hybridized carbons (Fsp3) is 0.700. The van der Waals surface area contributed by atoms with E-state index in [0.29, 0.717) is 5.82 Å². The minimum atomic E-state index is -0.470. The number of carbonyl (C=O) groups is 1. The van der Waals surface area contributed by atoms with Gasteiger partial charge >= 0.3 is 0 Å². The van der Waals surface area contributed by atoms with Crippen molar-refractivity contribution in [3.8, 4) is 0 Å². The van der Waals surface area contributed by atoms with Gasteiger partial charge in [-0.1, -0.05) is 13.8 Å². The molecule has 0 saturated heterocycles. The lowest BCUT2D eigenvalue weighted by molar-refractivity contribution is -0.0974. The van der Waals surface area contributed by atoms with Crippen LogP contribution in [0.2, 0.25) is 0 Å². The Balaban J connectivity index is 2.52. The van der Waals surface area contributed by atoms with Crippen LogP contribution in [0.25, 0.3) is 0 Å². The number of hydrogen-bond acceptors (Lipinski definition) is 5. The summed E-state index contributed by atoms with van der Waals surface area (Å²) in [4.78, 5) is 15.7. The van der Waals surface area contributed by atoms with Gasteiger partial charge in [0.1, 0.15) is 5.82 Å². The number of methoxy groups -OCH3 is 2. The lowest BCUT2D eigenvalue weighted by Gasteiger charge is -2.12. The van der Waals surface area contributed by atoms with E-state index in [1.165, 1.54) is 14.2 Å². The number of amides is 1. The molecule has 0 aliphatic heterocycles. The Morgan fingerprint density at radius 3 is 2.53 bits per heavy atom. The number of aromatic nitrogens is 3. The molecule has 7 heteroatoms. The lowest BCUT2D eigenvalue weighted by Crippen LogP contribution is -2.34. The molecule has 1 aromatic rings. The van der Waals surface area contributed by atoms with E-state index in [2.05, 4.69) is 20.5 Å². The van der Waals surface area contributed by atoms with Crippen LogP contribution >= 0.6 is 0 Å². The van der Waals surface area contributed by atoms with Crippen LogP contribution in [0, 0.1) is 0 Å². The van der Waals surface area contributed by atoms with E-state index >= 15 is 0 Å². The van der Waals surface area contributed by atoms with Gasteiger partial charge in [0.05, 0.1) is 6.54 Å². The summed E-state index contributed by atoms with van der Waals surface area (Å²) in [5, 5.41) is 9.17. The summed E-state index contributed by atoms with van der Waals surface area (Å²) in [6, 6.07) is 0. The van der Waals surface area contributed by atoms with E-state index in [-0.39, 0.29) is 24.2 Å². The summed E-state index contributed by atoms with van der Waals surface area (Å²) < 4.78 is 9.89. The molecule has 17 heavy (non-hydrogen) atoms. The predicted octanol–water partition coefficient (Wildman–Crippen LogP) is 0.277. The number of aromatic amines is 1. The number of hydrogen-bond donors (Lipinski definition) is 2. The first kappa shape index (κ1) is 13.6. The third-order valence-corrected chi connectivity index (χ3v) is 2.21. The van der Waals surface area contributed by atoms with Gasteiger partial charge in [-0.3, -0.25) is 9.89 Å². The van der Waals surface area contributed by atoms with Gasteiger partial charge in [0.25, 0.3) is 5.91 Å². The summed E-state index contributed by atoms with van der Waals surface area (Å²) in [6.45, 7) is 4.18. The third-order valence-electron chi connectivity index (χ3n) is 2.21. The minimum absolute atomic E-state index is 0.125. The highest BCUT2D eigenvalue weighted by atomic mass is 16.7. The highest BCUT2D eigenvalue weighted by Gasteiger charge is 2.15. The van der Waals surface area contributed by atoms with Gasteiger partial charge in [0.2, 0.25) is 5.82 Å². The van der Waals surface area contributed by atoms with Gasteiger partial charge in [-0.15, -0.1) is 5.10 Å². The smallest absolute Gasteiger partial charge is 0.291 e. The van der Waals surface area contributed by atoms with Gasteiger partial charge in [-0.2, -0.15) is 0 Å². The third kappa shape index (κ3) is 3.79. The molecule has 1 rings (SSSR count). The number of rotatable bonds is 6. The Kier molecular flexibility index (Phi) is 5.05. The highest BCUT2D eigenvalue weighted by molar-refractivity contribution is 5.90. The molecule has 0 aliphatic rings. The van der Waals surface area contributed by atoms with Crippen LogP contribution < -0.4 is 5.32 Å². The zero-order valence-corrected chi connectivity index (χ0v) is 10.5. The molecule has 1 aromatic heterocycles. The SMILES string of the molecule is COC(CNC(=O)c1n[nH]c(C(C)C)n1)OC. The lowest BCUT2D eigenvalue weighted by atomic mass is 10.2. The minimum Gasteiger partial charge on any atom is -0.354 e. The molecule has 0 radical (unpaired) electrons. The van der Waals surface area contributed by atoms with E-state index in [4.69, 9.17) is 9.47 Å². The molecule has 0 bridgehead atoms. The molecule has 1 amide bonds. The normalized spacial score (nSPS) is 11.2. The van der Waals surface area contributed by atoms with E-state index in [1.807, 2.05) is 13.8 Å². The van der Waals surface area contributed by atoms with Crippen LogP contribution in [0.4, 0.5) is 0 Å². The average molecular weight is 242 g/mol. The van der Waals surface area contributed by atoms with Crippen molar-refractivity contribution in [3.63, 3.8) is 0 Å². The van der Waals surface area contributed by atoms with Crippen LogP contribution in [0.3, 0.4) is 0 Å². The summed E-state index contributed by atoms with van der Waals surface area (Å²) in [6.07, 6.45) is -0.470. The number of carbonyl (C=O) groups excluding carboxylic acids is 1. The average Bonchev–Trinajstić information content (AvgIpc) is 2.79. The van der Waals surface area contributed by atoms with E-state index in [1.54, 1.807) is 0 Å². The molecular formula is C10H18N4O3. The predicted molar refractivity (Wildman–Crippen MR) is 60.6 cm³/mol. The van der Waals surface area contributed by atoms with Crippen LogP contribution in [-0.4, -0.2) is 48.1 Å². The molecule has 2 N–H and O–H groups in total. The molecule has 0 saturated carbocycles. The Hall–Kier alpha value is -1.47. The van der Waals surface area contributed by atoms with Crippen molar-refractivity contribution in [3.05, 3.63) is 11.6 Å². The number of nitrogens with one attached hydrogen (secondary N) is 2. The maximum atomic E-state index is 11.6. The second kappa shape index (κ2) is 6.31. The molecule has 0 aliphatic carbocycles. The monoisotopic (exact) mass is 242 g/mol. The standard InChI is InChI=1S/C10H18N4O3/c1-6(2)8-12-9(14-13-8)10(15)11-5-7(16-3)17-4/h6-7H,5H2,1-4H3,(H,11,15)(H,12,13,14). The number of H-pyrrole nitrogens is 1. The van der Waals surface area contributed by atoms with Crippen LogP contribution in [0.15, 0.2) is 0 Å². The molecule has 96 valence electrons. The Morgan fingerprint density at radius 1 is 1.41 bits per heavy atom. The maximum absolute atomic E-state index is 11.6. The van der Waals surface area contributed by atoms with Crippen LogP contribution in [0.5, 0.6) is 0 Å². The quantitative estimate of drug-likeness (QED) is 0.699. The van der Waals surface area contributed by atoms with E-state index < -0.39 is 6.29 Å². The van der Waals surface area contributed by atoms with Crippen LogP contribution in [-0.2, 0) is 9.47 Å². The van der Waals surface area contributed by atoms with Gasteiger partial charge < -0.3 is 14.8 Å². The Morgan fingerprint density at radius 2 is 2.06 bits per heavy atom. The Bertz CT molecular complexity index is 360. The van der Waals surface area contributed by atoms with E-state index in [9.17, 15) is 4.79 Å². The fourth-order valence-electron chi connectivity index (χ4n) is 1.15. The molecular weight excluding hydrogens is 224 g/mol. The molecule has 0 spiro atoms. The molecule has 7 nitrogen and oxygen atoms in total. The van der Waals surface area contributed by atoms with Crippen molar-refractivity contribution in [1.29, 1.82) is 0 Å². The summed E-state index contributed by atoms with van der Waals surface area (Å²) in [5.74, 6) is 0.659. The summed E-state index contributed by atoms with van der Waals surface area (Å²) in [7, 11) is 3.01. The molecule has 0 fully saturated rings. The fourth-order valence-corrected chi connectivity index (χ4v) is 1.15. The largest absolute Gasteiger partial charge is 0.354 e. The second-order valence-corrected chi connectivity index (χ2v) is 3.81. The highest BCUT2D eigenvalue weighted by Crippen LogP contribution is 2.07. The maximum Gasteiger partial charge on any atom is 0.291 e. The first-order valence-corrected chi connectivity index (χ1v) is 5.34. The second-order valence-electron chi connectivity index (χ2n) is 3.81. The molecule has 0 atom stereocenters. The van der Waals surface area contributed by atoms with Crippen molar-refractivity contribution in [2.24, 2.45) is 0 Å². The summed E-state index contributed by atoms with van der Waals surface area (Å²) in [5.41, 5.74) is 0. The Labute approximate surface area is 99.9 Å². The first-order chi connectivity index (χ1) is 8.08. The van der Waals surface area contributed by atoms with Crippen LogP contribution in [0.1, 0.15) is 36.2 Å². The van der Waals surface area contributed by atoms with Crippen molar-refractivity contribution in [2.45, 2.75) is 26.1 Å². The topological polar surface area (TPSA) is 89.1 Å². The molecule has 0 aromatic carbocycles. The molecule has 1 heterocycles. The van der Waals surface area contributed by atoms with Gasteiger partial charge in [0, 0.05) is 20.1 Å².